The molecule has 0 aromatic rings. The molecule has 1 unspecified atom stereocenters. The molecule has 0 aromatic heterocycles. The van der Waals surface area contributed by atoms with Crippen molar-refractivity contribution in [3.05, 3.63) is 0 Å². The summed E-state index contributed by atoms with van der Waals surface area (Å²) in [6.07, 6.45) is 5.11. The molecule has 2 fully saturated rings. The van der Waals surface area contributed by atoms with Crippen molar-refractivity contribution in [2.45, 2.75) is 77.0 Å². The summed E-state index contributed by atoms with van der Waals surface area (Å²) in [6.45, 7) is 6.94. The van der Waals surface area contributed by atoms with Gasteiger partial charge in [-0.2, -0.15) is 0 Å². The lowest BCUT2D eigenvalue weighted by molar-refractivity contribution is -0.163. The number of carbonyl (C=O) groups excluding carboxylic acids is 2. The molecule has 21 heavy (non-hydrogen) atoms. The van der Waals surface area contributed by atoms with Crippen LogP contribution in [0.25, 0.3) is 0 Å². The third-order valence-corrected chi connectivity index (χ3v) is 3.93. The average Bonchev–Trinajstić information content (AvgIpc) is 2.87. The minimum Gasteiger partial charge on any atom is -0.458 e. The largest absolute Gasteiger partial charge is 0.458 e. The Kier molecular flexibility index (Phi) is 5.25. The number of rotatable bonds is 3. The van der Waals surface area contributed by atoms with Gasteiger partial charge >= 0.3 is 5.97 Å². The Balaban J connectivity index is 1.91. The summed E-state index contributed by atoms with van der Waals surface area (Å²) in [4.78, 5) is 26.3. The van der Waals surface area contributed by atoms with Crippen LogP contribution in [-0.4, -0.2) is 47.7 Å². The average molecular weight is 297 g/mol. The van der Waals surface area contributed by atoms with Crippen LogP contribution in [0.3, 0.4) is 0 Å². The fourth-order valence-electron chi connectivity index (χ4n) is 2.96. The first-order valence-electron chi connectivity index (χ1n) is 8.01. The van der Waals surface area contributed by atoms with E-state index in [2.05, 4.69) is 0 Å². The first-order valence-corrected chi connectivity index (χ1v) is 8.01. The summed E-state index contributed by atoms with van der Waals surface area (Å²) in [5.41, 5.74) is -0.513. The standard InChI is InChI=1S/C16H27NO4/c1-16(2,3)21-15(19)13-8-6-9-17(13)14(18)11-12-7-4-5-10-20-12/h12-13H,4-11H2,1-3H3/t12?,13-/m1/s1. The molecule has 2 heterocycles. The van der Waals surface area contributed by atoms with Gasteiger partial charge in [0, 0.05) is 13.2 Å². The third kappa shape index (κ3) is 4.70. The molecule has 0 bridgehead atoms. The molecule has 2 rings (SSSR count). The van der Waals surface area contributed by atoms with Crippen molar-refractivity contribution in [1.29, 1.82) is 0 Å². The molecule has 2 atom stereocenters. The molecule has 0 aliphatic carbocycles. The summed E-state index contributed by atoms with van der Waals surface area (Å²) in [6, 6.07) is -0.416. The number of esters is 1. The molecule has 2 aliphatic rings. The first kappa shape index (κ1) is 16.3. The fraction of sp³-hybridized carbons (Fsp3) is 0.875. The van der Waals surface area contributed by atoms with Crippen molar-refractivity contribution in [2.24, 2.45) is 0 Å². The van der Waals surface area contributed by atoms with Gasteiger partial charge in [0.15, 0.2) is 0 Å². The van der Waals surface area contributed by atoms with E-state index in [1.165, 1.54) is 0 Å². The molecule has 0 spiro atoms. The van der Waals surface area contributed by atoms with Crippen LogP contribution < -0.4 is 0 Å². The minimum atomic E-state index is -0.513. The van der Waals surface area contributed by atoms with Gasteiger partial charge < -0.3 is 14.4 Å². The molecule has 0 aromatic carbocycles. The first-order chi connectivity index (χ1) is 9.87. The Morgan fingerprint density at radius 1 is 1.19 bits per heavy atom. The Morgan fingerprint density at radius 2 is 1.95 bits per heavy atom. The van der Waals surface area contributed by atoms with Crippen molar-refractivity contribution < 1.29 is 19.1 Å². The second-order valence-corrected chi connectivity index (χ2v) is 6.97. The molecule has 1 amide bonds. The normalized spacial score (nSPS) is 26.7. The zero-order valence-electron chi connectivity index (χ0n) is 13.4. The Morgan fingerprint density at radius 3 is 2.57 bits per heavy atom. The van der Waals surface area contributed by atoms with E-state index in [4.69, 9.17) is 9.47 Å². The van der Waals surface area contributed by atoms with E-state index >= 15 is 0 Å². The highest BCUT2D eigenvalue weighted by Gasteiger charge is 2.37. The Hall–Kier alpha value is -1.10. The van der Waals surface area contributed by atoms with Crippen LogP contribution in [0.2, 0.25) is 0 Å². The maximum atomic E-state index is 12.4. The van der Waals surface area contributed by atoms with E-state index in [0.717, 1.165) is 32.3 Å². The number of amides is 1. The molecule has 5 heteroatoms. The van der Waals surface area contributed by atoms with E-state index in [1.54, 1.807) is 4.90 Å². The highest BCUT2D eigenvalue weighted by atomic mass is 16.6. The number of hydrogen-bond donors (Lipinski definition) is 0. The van der Waals surface area contributed by atoms with Crippen LogP contribution in [0.15, 0.2) is 0 Å². The van der Waals surface area contributed by atoms with Gasteiger partial charge in [-0.05, 0) is 52.9 Å². The van der Waals surface area contributed by atoms with Crippen LogP contribution in [0, 0.1) is 0 Å². The molecular formula is C16H27NO4. The molecule has 2 aliphatic heterocycles. The molecule has 0 radical (unpaired) electrons. The highest BCUT2D eigenvalue weighted by molar-refractivity contribution is 5.85. The lowest BCUT2D eigenvalue weighted by atomic mass is 10.1. The van der Waals surface area contributed by atoms with E-state index < -0.39 is 11.6 Å². The van der Waals surface area contributed by atoms with Crippen molar-refractivity contribution in [3.63, 3.8) is 0 Å². The van der Waals surface area contributed by atoms with Crippen molar-refractivity contribution in [1.82, 2.24) is 4.90 Å². The lowest BCUT2D eigenvalue weighted by Crippen LogP contribution is -2.44. The fourth-order valence-corrected chi connectivity index (χ4v) is 2.96. The number of nitrogens with zero attached hydrogens (tertiary/aromatic N) is 1. The predicted octanol–water partition coefficient (Wildman–Crippen LogP) is 2.28. The van der Waals surface area contributed by atoms with E-state index in [-0.39, 0.29) is 18.0 Å². The Bertz CT molecular complexity index is 382. The lowest BCUT2D eigenvalue weighted by Gasteiger charge is -2.29. The molecule has 2 saturated heterocycles. The molecule has 0 N–H and O–H groups in total. The van der Waals surface area contributed by atoms with Gasteiger partial charge in [0.2, 0.25) is 5.91 Å². The van der Waals surface area contributed by atoms with Crippen LogP contribution in [0.1, 0.15) is 59.3 Å². The third-order valence-electron chi connectivity index (χ3n) is 3.93. The van der Waals surface area contributed by atoms with Crippen molar-refractivity contribution in [2.75, 3.05) is 13.2 Å². The van der Waals surface area contributed by atoms with Gasteiger partial charge in [0.05, 0.1) is 12.5 Å². The van der Waals surface area contributed by atoms with Crippen molar-refractivity contribution in [3.8, 4) is 0 Å². The second kappa shape index (κ2) is 6.77. The summed E-state index contributed by atoms with van der Waals surface area (Å²) in [7, 11) is 0. The van der Waals surface area contributed by atoms with Crippen LogP contribution >= 0.6 is 0 Å². The predicted molar refractivity (Wildman–Crippen MR) is 78.8 cm³/mol. The van der Waals surface area contributed by atoms with E-state index in [0.29, 0.717) is 19.4 Å². The molecular weight excluding hydrogens is 270 g/mol. The number of hydrogen-bond acceptors (Lipinski definition) is 4. The van der Waals surface area contributed by atoms with Gasteiger partial charge in [0.25, 0.3) is 0 Å². The zero-order valence-corrected chi connectivity index (χ0v) is 13.4. The SMILES string of the molecule is CC(C)(C)OC(=O)[C@H]1CCCN1C(=O)CC1CCCCO1. The summed E-state index contributed by atoms with van der Waals surface area (Å²) in [5, 5.41) is 0. The number of likely N-dealkylation sites (tertiary alicyclic amines) is 1. The van der Waals surface area contributed by atoms with Crippen molar-refractivity contribution >= 4 is 11.9 Å². The zero-order chi connectivity index (χ0) is 15.5. The maximum absolute atomic E-state index is 12.4. The molecule has 5 nitrogen and oxygen atoms in total. The van der Waals surface area contributed by atoms with Crippen LogP contribution in [0.5, 0.6) is 0 Å². The van der Waals surface area contributed by atoms with Crippen LogP contribution in [0.4, 0.5) is 0 Å². The number of ether oxygens (including phenoxy) is 2. The van der Waals surface area contributed by atoms with E-state index in [9.17, 15) is 9.59 Å². The second-order valence-electron chi connectivity index (χ2n) is 6.97. The quantitative estimate of drug-likeness (QED) is 0.750. The topological polar surface area (TPSA) is 55.8 Å². The molecule has 0 saturated carbocycles. The maximum Gasteiger partial charge on any atom is 0.329 e. The van der Waals surface area contributed by atoms with Gasteiger partial charge in [-0.3, -0.25) is 4.79 Å². The summed E-state index contributed by atoms with van der Waals surface area (Å²) < 4.78 is 11.0. The molecule has 120 valence electrons. The minimum absolute atomic E-state index is 0.0196. The van der Waals surface area contributed by atoms with Gasteiger partial charge in [0.1, 0.15) is 11.6 Å². The van der Waals surface area contributed by atoms with Crippen LogP contribution in [-0.2, 0) is 19.1 Å². The summed E-state index contributed by atoms with van der Waals surface area (Å²) in [5.74, 6) is -0.256. The van der Waals surface area contributed by atoms with Gasteiger partial charge in [-0.15, -0.1) is 0 Å². The smallest absolute Gasteiger partial charge is 0.329 e. The van der Waals surface area contributed by atoms with E-state index in [1.807, 2.05) is 20.8 Å². The summed E-state index contributed by atoms with van der Waals surface area (Å²) >= 11 is 0. The monoisotopic (exact) mass is 297 g/mol. The van der Waals surface area contributed by atoms with Gasteiger partial charge in [-0.1, -0.05) is 0 Å². The highest BCUT2D eigenvalue weighted by Crippen LogP contribution is 2.24. The number of carbonyl (C=O) groups is 2. The van der Waals surface area contributed by atoms with Gasteiger partial charge in [-0.25, -0.2) is 4.79 Å². The Labute approximate surface area is 127 Å².